The molecular weight excluding hydrogens is 388 g/mol. The number of sulfonamides is 1. The molecule has 1 aliphatic rings. The molecule has 1 saturated carbocycles. The highest BCUT2D eigenvalue weighted by molar-refractivity contribution is 7.89. The first-order valence-corrected chi connectivity index (χ1v) is 10.3. The molecule has 0 amide bonds. The molecule has 0 spiro atoms. The maximum atomic E-state index is 12.8. The third-order valence-corrected chi connectivity index (χ3v) is 6.50. The predicted molar refractivity (Wildman–Crippen MR) is 102 cm³/mol. The van der Waals surface area contributed by atoms with Crippen LogP contribution in [-0.2, 0) is 16.6 Å². The van der Waals surface area contributed by atoms with Gasteiger partial charge in [0.2, 0.25) is 10.0 Å². The van der Waals surface area contributed by atoms with Crippen LogP contribution in [0.2, 0.25) is 5.15 Å². The molecule has 1 aliphatic carbocycles. The zero-order valence-corrected chi connectivity index (χ0v) is 16.5. The van der Waals surface area contributed by atoms with E-state index >= 15 is 0 Å². The number of rotatable bonds is 6. The SMILES string of the molecule is CN(C)S(=O)(=O)c1cc(C2CC2)cn2cc(CNc3cc(Cl)ncn3)nc12. The summed E-state index contributed by atoms with van der Waals surface area (Å²) in [4.78, 5) is 12.7. The molecule has 4 rings (SSSR count). The van der Waals surface area contributed by atoms with E-state index in [0.717, 1.165) is 18.4 Å². The lowest BCUT2D eigenvalue weighted by Gasteiger charge is -2.13. The summed E-state index contributed by atoms with van der Waals surface area (Å²) in [5.74, 6) is 1.00. The number of anilines is 1. The molecule has 0 aromatic carbocycles. The van der Waals surface area contributed by atoms with Crippen molar-refractivity contribution in [1.82, 2.24) is 23.7 Å². The van der Waals surface area contributed by atoms with Gasteiger partial charge in [0, 0.05) is 32.6 Å². The summed E-state index contributed by atoms with van der Waals surface area (Å²) < 4.78 is 28.6. The summed E-state index contributed by atoms with van der Waals surface area (Å²) >= 11 is 5.86. The van der Waals surface area contributed by atoms with Gasteiger partial charge in [-0.15, -0.1) is 0 Å². The second-order valence-corrected chi connectivity index (χ2v) is 9.25. The average molecular weight is 407 g/mol. The highest BCUT2D eigenvalue weighted by Crippen LogP contribution is 2.41. The molecule has 10 heteroatoms. The van der Waals surface area contributed by atoms with Crippen LogP contribution in [0.25, 0.3) is 5.65 Å². The maximum absolute atomic E-state index is 12.8. The highest BCUT2D eigenvalue weighted by Gasteiger charge is 2.29. The molecule has 0 aliphatic heterocycles. The molecule has 0 unspecified atom stereocenters. The Labute approximate surface area is 162 Å². The molecule has 0 saturated heterocycles. The molecular formula is C17H19ClN6O2S. The van der Waals surface area contributed by atoms with Crippen LogP contribution in [-0.4, -0.2) is 46.2 Å². The molecule has 3 heterocycles. The molecule has 0 bridgehead atoms. The van der Waals surface area contributed by atoms with E-state index in [1.54, 1.807) is 16.5 Å². The van der Waals surface area contributed by atoms with E-state index in [1.807, 2.05) is 12.4 Å². The van der Waals surface area contributed by atoms with Crippen molar-refractivity contribution in [3.05, 3.63) is 47.3 Å². The van der Waals surface area contributed by atoms with Gasteiger partial charge >= 0.3 is 0 Å². The number of hydrogen-bond acceptors (Lipinski definition) is 6. The molecule has 3 aromatic heterocycles. The smallest absolute Gasteiger partial charge is 0.246 e. The van der Waals surface area contributed by atoms with E-state index in [0.29, 0.717) is 34.8 Å². The van der Waals surface area contributed by atoms with Crippen molar-refractivity contribution in [1.29, 1.82) is 0 Å². The standard InChI is InChI=1S/C17H19ClN6O2S/c1-23(2)27(25,26)14-5-12(11-3-4-11)8-24-9-13(22-17(14)24)7-19-16-6-15(18)20-10-21-16/h5-6,8-11H,3-4,7H2,1-2H3,(H,19,20,21). The van der Waals surface area contributed by atoms with Crippen molar-refractivity contribution >= 4 is 33.1 Å². The van der Waals surface area contributed by atoms with Crippen LogP contribution in [0.15, 0.2) is 35.7 Å². The topological polar surface area (TPSA) is 92.5 Å². The number of hydrogen-bond donors (Lipinski definition) is 1. The van der Waals surface area contributed by atoms with Gasteiger partial charge in [-0.05, 0) is 30.4 Å². The number of nitrogens with one attached hydrogen (secondary N) is 1. The Morgan fingerprint density at radius 3 is 2.70 bits per heavy atom. The van der Waals surface area contributed by atoms with E-state index in [-0.39, 0.29) is 4.90 Å². The van der Waals surface area contributed by atoms with Crippen LogP contribution in [0.1, 0.15) is 30.0 Å². The minimum Gasteiger partial charge on any atom is -0.364 e. The summed E-state index contributed by atoms with van der Waals surface area (Å²) in [6.07, 6.45) is 7.36. The van der Waals surface area contributed by atoms with E-state index < -0.39 is 10.0 Å². The second kappa shape index (κ2) is 6.74. The van der Waals surface area contributed by atoms with Gasteiger partial charge < -0.3 is 9.72 Å². The fourth-order valence-corrected chi connectivity index (χ4v) is 4.07. The van der Waals surface area contributed by atoms with Gasteiger partial charge in [-0.1, -0.05) is 11.6 Å². The lowest BCUT2D eigenvalue weighted by Crippen LogP contribution is -2.23. The van der Waals surface area contributed by atoms with Crippen LogP contribution in [0.4, 0.5) is 5.82 Å². The van der Waals surface area contributed by atoms with Crippen LogP contribution < -0.4 is 5.32 Å². The molecule has 3 aromatic rings. The Hall–Kier alpha value is -2.23. The zero-order chi connectivity index (χ0) is 19.2. The summed E-state index contributed by atoms with van der Waals surface area (Å²) in [6, 6.07) is 3.38. The quantitative estimate of drug-likeness (QED) is 0.632. The van der Waals surface area contributed by atoms with E-state index in [2.05, 4.69) is 20.3 Å². The first kappa shape index (κ1) is 18.1. The summed E-state index contributed by atoms with van der Waals surface area (Å²) in [7, 11) is -0.544. The fourth-order valence-electron chi connectivity index (χ4n) is 2.86. The third kappa shape index (κ3) is 3.62. The monoisotopic (exact) mass is 406 g/mol. The fraction of sp³-hybridized carbons (Fsp3) is 0.353. The predicted octanol–water partition coefficient (Wildman–Crippen LogP) is 2.52. The van der Waals surface area contributed by atoms with Crippen LogP contribution in [0, 0.1) is 0 Å². The first-order chi connectivity index (χ1) is 12.8. The van der Waals surface area contributed by atoms with Crippen molar-refractivity contribution in [2.75, 3.05) is 19.4 Å². The largest absolute Gasteiger partial charge is 0.364 e. The first-order valence-electron chi connectivity index (χ1n) is 8.50. The van der Waals surface area contributed by atoms with Crippen LogP contribution >= 0.6 is 11.6 Å². The van der Waals surface area contributed by atoms with Crippen LogP contribution in [0.3, 0.4) is 0 Å². The lowest BCUT2D eigenvalue weighted by molar-refractivity contribution is 0.521. The summed E-state index contributed by atoms with van der Waals surface area (Å²) in [5, 5.41) is 3.47. The van der Waals surface area contributed by atoms with Gasteiger partial charge in [-0.2, -0.15) is 0 Å². The minimum absolute atomic E-state index is 0.230. The molecule has 142 valence electrons. The third-order valence-electron chi connectivity index (χ3n) is 4.48. The number of pyridine rings is 1. The Balaban J connectivity index is 1.72. The van der Waals surface area contributed by atoms with Crippen LogP contribution in [0.5, 0.6) is 0 Å². The van der Waals surface area contributed by atoms with Crippen molar-refractivity contribution in [2.45, 2.75) is 30.2 Å². The molecule has 0 atom stereocenters. The van der Waals surface area contributed by atoms with Gasteiger partial charge in [-0.3, -0.25) is 0 Å². The van der Waals surface area contributed by atoms with E-state index in [1.165, 1.54) is 24.7 Å². The van der Waals surface area contributed by atoms with Crippen molar-refractivity contribution in [3.63, 3.8) is 0 Å². The average Bonchev–Trinajstić information content (AvgIpc) is 3.38. The number of aromatic nitrogens is 4. The van der Waals surface area contributed by atoms with Crippen molar-refractivity contribution in [3.8, 4) is 0 Å². The number of halogens is 1. The van der Waals surface area contributed by atoms with Gasteiger partial charge in [0.1, 0.15) is 22.2 Å². The normalized spacial score (nSPS) is 14.8. The van der Waals surface area contributed by atoms with Crippen molar-refractivity contribution in [2.24, 2.45) is 0 Å². The minimum atomic E-state index is -3.60. The Bertz CT molecular complexity index is 1110. The molecule has 1 fully saturated rings. The highest BCUT2D eigenvalue weighted by atomic mass is 35.5. The molecule has 0 radical (unpaired) electrons. The van der Waals surface area contributed by atoms with Gasteiger partial charge in [0.15, 0.2) is 5.65 Å². The number of nitrogens with zero attached hydrogens (tertiary/aromatic N) is 5. The number of fused-ring (bicyclic) bond motifs is 1. The van der Waals surface area contributed by atoms with E-state index in [4.69, 9.17) is 11.6 Å². The summed E-state index contributed by atoms with van der Waals surface area (Å²) in [5.41, 5.74) is 2.15. The van der Waals surface area contributed by atoms with Gasteiger partial charge in [-0.25, -0.2) is 27.7 Å². The zero-order valence-electron chi connectivity index (χ0n) is 14.9. The Morgan fingerprint density at radius 2 is 2.04 bits per heavy atom. The summed E-state index contributed by atoms with van der Waals surface area (Å²) in [6.45, 7) is 0.384. The van der Waals surface area contributed by atoms with E-state index in [9.17, 15) is 8.42 Å². The molecule has 8 nitrogen and oxygen atoms in total. The Kier molecular flexibility index (Phi) is 4.53. The maximum Gasteiger partial charge on any atom is 0.246 e. The van der Waals surface area contributed by atoms with Gasteiger partial charge in [0.25, 0.3) is 0 Å². The number of imidazole rings is 1. The van der Waals surface area contributed by atoms with Crippen molar-refractivity contribution < 1.29 is 8.42 Å². The lowest BCUT2D eigenvalue weighted by atomic mass is 10.2. The Morgan fingerprint density at radius 1 is 1.26 bits per heavy atom. The molecule has 1 N–H and O–H groups in total. The van der Waals surface area contributed by atoms with Gasteiger partial charge in [0.05, 0.1) is 12.2 Å². The second-order valence-electron chi connectivity index (χ2n) is 6.74. The molecule has 27 heavy (non-hydrogen) atoms.